The van der Waals surface area contributed by atoms with Gasteiger partial charge in [-0.05, 0) is 47.7 Å². The third kappa shape index (κ3) is 2.07. The number of carbonyl (C=O) groups is 2. The molecule has 0 unspecified atom stereocenters. The number of carbonyl (C=O) groups excluding carboxylic acids is 2. The van der Waals surface area contributed by atoms with Crippen molar-refractivity contribution in [3.63, 3.8) is 0 Å². The van der Waals surface area contributed by atoms with Gasteiger partial charge in [0.1, 0.15) is 9.75 Å². The van der Waals surface area contributed by atoms with Crippen LogP contribution in [0, 0.1) is 25.7 Å². The van der Waals surface area contributed by atoms with Crippen LogP contribution in [0.1, 0.15) is 33.4 Å². The molecule has 2 amide bonds. The van der Waals surface area contributed by atoms with Gasteiger partial charge in [0.25, 0.3) is 0 Å². The zero-order valence-electron chi connectivity index (χ0n) is 17.0. The van der Waals surface area contributed by atoms with E-state index in [0.717, 1.165) is 33.4 Å². The first-order valence-corrected chi connectivity index (χ1v) is 11.1. The highest BCUT2D eigenvalue weighted by molar-refractivity contribution is 6.38. The number of hydrogen-bond acceptors (Lipinski definition) is 2. The van der Waals surface area contributed by atoms with Gasteiger partial charge in [0.05, 0.1) is 17.5 Å². The lowest BCUT2D eigenvalue weighted by atomic mass is 9.54. The van der Waals surface area contributed by atoms with E-state index in [1.807, 2.05) is 80.6 Å². The molecule has 0 aromatic heterocycles. The number of aryl methyl sites for hydroxylation is 2. The average molecular weight is 448 g/mol. The number of amides is 2. The number of anilines is 1. The number of benzene rings is 3. The molecule has 0 spiro atoms. The van der Waals surface area contributed by atoms with E-state index < -0.39 is 21.6 Å². The van der Waals surface area contributed by atoms with Gasteiger partial charge in [-0.1, -0.05) is 66.2 Å². The fraction of sp³-hybridized carbons (Fsp3) is 0.231. The van der Waals surface area contributed by atoms with Crippen LogP contribution in [0.2, 0.25) is 0 Å². The van der Waals surface area contributed by atoms with Crippen LogP contribution in [0.5, 0.6) is 0 Å². The first-order chi connectivity index (χ1) is 14.8. The third-order valence-corrected chi connectivity index (χ3v) is 8.46. The van der Waals surface area contributed by atoms with Gasteiger partial charge < -0.3 is 0 Å². The van der Waals surface area contributed by atoms with E-state index in [0.29, 0.717) is 5.69 Å². The maximum atomic E-state index is 13.9. The second-order valence-electron chi connectivity index (χ2n) is 8.77. The first kappa shape index (κ1) is 19.1. The highest BCUT2D eigenvalue weighted by Crippen LogP contribution is 2.69. The second kappa shape index (κ2) is 5.99. The zero-order chi connectivity index (χ0) is 21.7. The summed E-state index contributed by atoms with van der Waals surface area (Å²) >= 11 is 14.9. The van der Waals surface area contributed by atoms with E-state index >= 15 is 0 Å². The van der Waals surface area contributed by atoms with Crippen LogP contribution in [0.15, 0.2) is 66.7 Å². The fourth-order valence-electron chi connectivity index (χ4n) is 5.96. The van der Waals surface area contributed by atoms with Crippen molar-refractivity contribution < 1.29 is 9.59 Å². The van der Waals surface area contributed by atoms with Crippen molar-refractivity contribution >= 4 is 40.7 Å². The minimum absolute atomic E-state index is 0.286. The molecule has 0 N–H and O–H groups in total. The van der Waals surface area contributed by atoms with Gasteiger partial charge >= 0.3 is 0 Å². The van der Waals surface area contributed by atoms with E-state index in [-0.39, 0.29) is 11.8 Å². The summed E-state index contributed by atoms with van der Waals surface area (Å²) in [4.78, 5) is 26.8. The molecule has 3 aromatic carbocycles. The summed E-state index contributed by atoms with van der Waals surface area (Å²) in [5.74, 6) is -2.12. The van der Waals surface area contributed by atoms with E-state index in [1.165, 1.54) is 4.90 Å². The topological polar surface area (TPSA) is 37.4 Å². The zero-order valence-corrected chi connectivity index (χ0v) is 18.5. The number of nitrogens with zero attached hydrogens (tertiary/aromatic N) is 1. The molecule has 0 saturated carbocycles. The normalized spacial score (nSPS) is 30.3. The molecule has 1 aliphatic heterocycles. The second-order valence-corrected chi connectivity index (χ2v) is 9.96. The minimum atomic E-state index is -1.14. The molecule has 0 radical (unpaired) electrons. The molecule has 154 valence electrons. The van der Waals surface area contributed by atoms with Gasteiger partial charge in [-0.3, -0.25) is 9.59 Å². The molecule has 2 bridgehead atoms. The number of alkyl halides is 2. The Morgan fingerprint density at radius 1 is 0.710 bits per heavy atom. The molecule has 3 nitrogen and oxygen atoms in total. The van der Waals surface area contributed by atoms with Gasteiger partial charge in [0.15, 0.2) is 0 Å². The Kier molecular flexibility index (Phi) is 3.69. The number of rotatable bonds is 1. The molecule has 3 aliphatic carbocycles. The Bertz CT molecular complexity index is 1190. The molecule has 3 aromatic rings. The van der Waals surface area contributed by atoms with Crippen molar-refractivity contribution in [1.29, 1.82) is 0 Å². The lowest BCUT2D eigenvalue weighted by Crippen LogP contribution is -2.57. The summed E-state index contributed by atoms with van der Waals surface area (Å²) in [5.41, 5.74) is 5.80. The predicted octanol–water partition coefficient (Wildman–Crippen LogP) is 5.40. The van der Waals surface area contributed by atoms with Crippen LogP contribution in [-0.2, 0) is 19.3 Å². The van der Waals surface area contributed by atoms with Gasteiger partial charge in [-0.25, -0.2) is 4.90 Å². The van der Waals surface area contributed by atoms with Crippen molar-refractivity contribution in [3.8, 4) is 0 Å². The molecule has 1 saturated heterocycles. The maximum absolute atomic E-state index is 13.9. The van der Waals surface area contributed by atoms with E-state index in [9.17, 15) is 9.59 Å². The van der Waals surface area contributed by atoms with Gasteiger partial charge in [-0.15, -0.1) is 23.2 Å². The number of imide groups is 1. The summed E-state index contributed by atoms with van der Waals surface area (Å²) < 4.78 is 0. The van der Waals surface area contributed by atoms with Crippen molar-refractivity contribution in [2.24, 2.45) is 11.8 Å². The van der Waals surface area contributed by atoms with E-state index in [4.69, 9.17) is 23.2 Å². The molecule has 1 fully saturated rings. The quantitative estimate of drug-likeness (QED) is 0.369. The summed E-state index contributed by atoms with van der Waals surface area (Å²) in [7, 11) is 0. The first-order valence-electron chi connectivity index (χ1n) is 10.3. The lowest BCUT2D eigenvalue weighted by Gasteiger charge is -2.54. The van der Waals surface area contributed by atoms with Gasteiger partial charge in [0, 0.05) is 0 Å². The summed E-state index contributed by atoms with van der Waals surface area (Å²) in [5, 5.41) is 0. The van der Waals surface area contributed by atoms with Crippen LogP contribution in [0.3, 0.4) is 0 Å². The van der Waals surface area contributed by atoms with Crippen molar-refractivity contribution in [2.45, 2.75) is 23.6 Å². The molecule has 4 aliphatic rings. The maximum Gasteiger partial charge on any atom is 0.240 e. The fourth-order valence-corrected chi connectivity index (χ4v) is 7.06. The predicted molar refractivity (Wildman–Crippen MR) is 122 cm³/mol. The SMILES string of the molecule is Cc1ccc(N2C(=O)[C@@H]3[C@H](C2=O)C2(Cl)c4ccccc4C3(Cl)c3ccccc32)c(C)c1. The lowest BCUT2D eigenvalue weighted by molar-refractivity contribution is -0.122. The van der Waals surface area contributed by atoms with Crippen molar-refractivity contribution in [2.75, 3.05) is 4.90 Å². The third-order valence-electron chi connectivity index (χ3n) is 7.18. The molecular weight excluding hydrogens is 429 g/mol. The Hall–Kier alpha value is -2.62. The van der Waals surface area contributed by atoms with Gasteiger partial charge in [-0.2, -0.15) is 0 Å². The highest BCUT2D eigenvalue weighted by Gasteiger charge is 2.73. The highest BCUT2D eigenvalue weighted by atomic mass is 35.5. The molecule has 31 heavy (non-hydrogen) atoms. The summed E-state index contributed by atoms with van der Waals surface area (Å²) in [6.07, 6.45) is 0. The Balaban J connectivity index is 1.66. The summed E-state index contributed by atoms with van der Waals surface area (Å²) in [6, 6.07) is 21.1. The smallest absolute Gasteiger partial charge is 0.240 e. The molecule has 2 atom stereocenters. The summed E-state index contributed by atoms with van der Waals surface area (Å²) in [6.45, 7) is 3.90. The molecule has 5 heteroatoms. The number of hydrogen-bond donors (Lipinski definition) is 0. The van der Waals surface area contributed by atoms with E-state index in [2.05, 4.69) is 0 Å². The average Bonchev–Trinajstić information content (AvgIpc) is 3.04. The molecular formula is C26H19Cl2NO2. The van der Waals surface area contributed by atoms with Crippen LogP contribution < -0.4 is 4.90 Å². The van der Waals surface area contributed by atoms with Crippen LogP contribution in [0.4, 0.5) is 5.69 Å². The Morgan fingerprint density at radius 2 is 1.13 bits per heavy atom. The minimum Gasteiger partial charge on any atom is -0.274 e. The van der Waals surface area contributed by atoms with Crippen LogP contribution >= 0.6 is 23.2 Å². The molecule has 7 rings (SSSR count). The Morgan fingerprint density at radius 3 is 1.52 bits per heavy atom. The largest absolute Gasteiger partial charge is 0.274 e. The van der Waals surface area contributed by atoms with Crippen LogP contribution in [-0.4, -0.2) is 11.8 Å². The number of halogens is 2. The van der Waals surface area contributed by atoms with Crippen LogP contribution in [0.25, 0.3) is 0 Å². The standard InChI is InChI=1S/C26H19Cl2NO2/c1-14-11-12-20(15(2)13-14)29-23(30)21-22(24(29)31)26(28)17-8-4-3-7-16(17)25(21,27)18-9-5-6-10-19(18)26/h3-13,21-22H,1-2H3/t21-,22+,25?,26?. The Labute approximate surface area is 190 Å². The van der Waals surface area contributed by atoms with Crippen molar-refractivity contribution in [3.05, 3.63) is 100 Å². The molecule has 1 heterocycles. The van der Waals surface area contributed by atoms with Gasteiger partial charge in [0.2, 0.25) is 11.8 Å². The monoisotopic (exact) mass is 447 g/mol. The van der Waals surface area contributed by atoms with E-state index in [1.54, 1.807) is 0 Å². The van der Waals surface area contributed by atoms with Crippen molar-refractivity contribution in [1.82, 2.24) is 0 Å².